The van der Waals surface area contributed by atoms with E-state index in [2.05, 4.69) is 16.4 Å². The zero-order valence-corrected chi connectivity index (χ0v) is 11.4. The summed E-state index contributed by atoms with van der Waals surface area (Å²) in [7, 11) is 1.98. The van der Waals surface area contributed by atoms with Gasteiger partial charge in [-0.15, -0.1) is 11.3 Å². The molecule has 0 fully saturated rings. The van der Waals surface area contributed by atoms with Gasteiger partial charge in [0.2, 0.25) is 0 Å². The zero-order chi connectivity index (χ0) is 12.5. The van der Waals surface area contributed by atoms with Gasteiger partial charge in [-0.1, -0.05) is 0 Å². The molecular weight excluding hydrogens is 244 g/mol. The van der Waals surface area contributed by atoms with E-state index in [1.54, 1.807) is 6.20 Å². The molecular formula is C14H18N2OS. The summed E-state index contributed by atoms with van der Waals surface area (Å²) in [6, 6.07) is 2.19. The Bertz CT molecular complexity index is 531. The van der Waals surface area contributed by atoms with E-state index in [9.17, 15) is 5.11 Å². The first-order valence-corrected chi connectivity index (χ1v) is 7.34. The van der Waals surface area contributed by atoms with E-state index in [1.165, 1.54) is 23.3 Å². The van der Waals surface area contributed by atoms with Crippen molar-refractivity contribution in [2.75, 3.05) is 0 Å². The Morgan fingerprint density at radius 3 is 3.28 bits per heavy atom. The third-order valence-corrected chi connectivity index (χ3v) is 4.87. The maximum absolute atomic E-state index is 10.5. The maximum atomic E-state index is 10.5. The lowest BCUT2D eigenvalue weighted by molar-refractivity contribution is 0.132. The number of nitrogens with zero attached hydrogens (tertiary/aromatic N) is 2. The molecule has 2 aromatic heterocycles. The molecule has 18 heavy (non-hydrogen) atoms. The van der Waals surface area contributed by atoms with Gasteiger partial charge in [-0.3, -0.25) is 0 Å². The van der Waals surface area contributed by atoms with Crippen molar-refractivity contribution in [3.8, 4) is 0 Å². The number of rotatable bonds is 3. The molecule has 0 amide bonds. The van der Waals surface area contributed by atoms with E-state index in [1.807, 2.05) is 29.1 Å². The number of fused-ring (bicyclic) bond motifs is 1. The highest BCUT2D eigenvalue weighted by Crippen LogP contribution is 2.37. The molecule has 1 aliphatic rings. The molecule has 96 valence electrons. The van der Waals surface area contributed by atoms with E-state index in [-0.39, 0.29) is 12.0 Å². The van der Waals surface area contributed by atoms with Crippen LogP contribution in [0.1, 0.15) is 35.0 Å². The predicted molar refractivity (Wildman–Crippen MR) is 72.9 cm³/mol. The van der Waals surface area contributed by atoms with E-state index >= 15 is 0 Å². The number of aliphatic hydroxyl groups is 1. The average molecular weight is 262 g/mol. The molecule has 2 unspecified atom stereocenters. The van der Waals surface area contributed by atoms with Crippen molar-refractivity contribution < 1.29 is 5.11 Å². The van der Waals surface area contributed by atoms with Crippen LogP contribution in [0.4, 0.5) is 0 Å². The van der Waals surface area contributed by atoms with Gasteiger partial charge in [-0.2, -0.15) is 0 Å². The maximum Gasteiger partial charge on any atom is 0.110 e. The molecule has 3 rings (SSSR count). The first-order valence-electron chi connectivity index (χ1n) is 6.46. The largest absolute Gasteiger partial charge is 0.392 e. The summed E-state index contributed by atoms with van der Waals surface area (Å²) in [6.45, 7) is 0. The van der Waals surface area contributed by atoms with Crippen LogP contribution in [0, 0.1) is 0 Å². The van der Waals surface area contributed by atoms with Crippen molar-refractivity contribution in [1.29, 1.82) is 0 Å². The second kappa shape index (κ2) is 4.86. The van der Waals surface area contributed by atoms with Gasteiger partial charge in [-0.25, -0.2) is 4.98 Å². The second-order valence-electron chi connectivity index (χ2n) is 5.02. The van der Waals surface area contributed by atoms with Crippen molar-refractivity contribution in [3.63, 3.8) is 0 Å². The van der Waals surface area contributed by atoms with Crippen LogP contribution < -0.4 is 0 Å². The average Bonchev–Trinajstić information content (AvgIpc) is 2.98. The topological polar surface area (TPSA) is 38.0 Å². The van der Waals surface area contributed by atoms with Gasteiger partial charge in [0.05, 0.1) is 6.10 Å². The van der Waals surface area contributed by atoms with Crippen molar-refractivity contribution in [1.82, 2.24) is 9.55 Å². The molecule has 0 radical (unpaired) electrons. The first kappa shape index (κ1) is 11.9. The molecule has 2 aromatic rings. The van der Waals surface area contributed by atoms with Crippen molar-refractivity contribution in [2.45, 2.75) is 37.7 Å². The lowest BCUT2D eigenvalue weighted by Gasteiger charge is -2.27. The molecule has 1 aliphatic carbocycles. The molecule has 0 aromatic carbocycles. The minimum absolute atomic E-state index is 0.289. The van der Waals surface area contributed by atoms with Gasteiger partial charge in [0.15, 0.2) is 0 Å². The Hall–Kier alpha value is -1.13. The third kappa shape index (κ3) is 2.10. The minimum atomic E-state index is -0.320. The molecule has 2 heterocycles. The van der Waals surface area contributed by atoms with Crippen LogP contribution in [0.15, 0.2) is 23.8 Å². The SMILES string of the molecule is Cn1ccnc1CC(O)C1CCCc2sccc21. The Balaban J connectivity index is 1.78. The molecule has 0 bridgehead atoms. The summed E-state index contributed by atoms with van der Waals surface area (Å²) >= 11 is 1.83. The second-order valence-corrected chi connectivity index (χ2v) is 6.02. The highest BCUT2D eigenvalue weighted by Gasteiger charge is 2.28. The summed E-state index contributed by atoms with van der Waals surface area (Å²) in [6.07, 6.45) is 7.50. The molecule has 0 saturated carbocycles. The molecule has 0 aliphatic heterocycles. The summed E-state index contributed by atoms with van der Waals surface area (Å²) in [5.41, 5.74) is 1.37. The van der Waals surface area contributed by atoms with Crippen LogP contribution in [-0.2, 0) is 19.9 Å². The van der Waals surface area contributed by atoms with Crippen LogP contribution in [0.25, 0.3) is 0 Å². The summed E-state index contributed by atoms with van der Waals surface area (Å²) in [4.78, 5) is 5.76. The first-order chi connectivity index (χ1) is 8.75. The van der Waals surface area contributed by atoms with Gasteiger partial charge in [0.1, 0.15) is 5.82 Å². The predicted octanol–water partition coefficient (Wildman–Crippen LogP) is 2.51. The van der Waals surface area contributed by atoms with Crippen molar-refractivity contribution >= 4 is 11.3 Å². The standard InChI is InChI=1S/C14H18N2OS/c1-16-7-6-15-14(16)9-12(17)10-3-2-4-13-11(10)5-8-18-13/h5-8,10,12,17H,2-4,9H2,1H3. The van der Waals surface area contributed by atoms with Crippen LogP contribution in [0.3, 0.4) is 0 Å². The van der Waals surface area contributed by atoms with E-state index in [0.717, 1.165) is 12.2 Å². The van der Waals surface area contributed by atoms with Crippen LogP contribution in [0.2, 0.25) is 0 Å². The molecule has 4 heteroatoms. The van der Waals surface area contributed by atoms with E-state index < -0.39 is 0 Å². The van der Waals surface area contributed by atoms with Gasteiger partial charge in [0, 0.05) is 36.7 Å². The fourth-order valence-corrected chi connectivity index (χ4v) is 3.84. The highest BCUT2D eigenvalue weighted by molar-refractivity contribution is 7.10. The van der Waals surface area contributed by atoms with Crippen LogP contribution >= 0.6 is 11.3 Å². The van der Waals surface area contributed by atoms with Crippen LogP contribution in [-0.4, -0.2) is 20.8 Å². The number of aromatic nitrogens is 2. The molecule has 0 spiro atoms. The van der Waals surface area contributed by atoms with Gasteiger partial charge < -0.3 is 9.67 Å². The summed E-state index contributed by atoms with van der Waals surface area (Å²) in [5.74, 6) is 1.25. The summed E-state index contributed by atoms with van der Waals surface area (Å²) < 4.78 is 1.99. The number of aryl methyl sites for hydroxylation is 2. The molecule has 3 nitrogen and oxygen atoms in total. The van der Waals surface area contributed by atoms with Gasteiger partial charge >= 0.3 is 0 Å². The Morgan fingerprint density at radius 1 is 1.61 bits per heavy atom. The van der Waals surface area contributed by atoms with Gasteiger partial charge in [0.25, 0.3) is 0 Å². The number of hydrogen-bond acceptors (Lipinski definition) is 3. The fourth-order valence-electron chi connectivity index (χ4n) is 2.84. The van der Waals surface area contributed by atoms with Gasteiger partial charge in [-0.05, 0) is 36.3 Å². The van der Waals surface area contributed by atoms with Crippen molar-refractivity contribution in [2.24, 2.45) is 7.05 Å². The number of thiophene rings is 1. The number of imidazole rings is 1. The van der Waals surface area contributed by atoms with Crippen LogP contribution in [0.5, 0.6) is 0 Å². The Kier molecular flexibility index (Phi) is 3.22. The Morgan fingerprint density at radius 2 is 2.50 bits per heavy atom. The lowest BCUT2D eigenvalue weighted by atomic mass is 9.83. The van der Waals surface area contributed by atoms with E-state index in [4.69, 9.17) is 0 Å². The van der Waals surface area contributed by atoms with Crippen molar-refractivity contribution in [3.05, 3.63) is 40.1 Å². The summed E-state index contributed by atoms with van der Waals surface area (Å²) in [5, 5.41) is 12.6. The lowest BCUT2D eigenvalue weighted by Crippen LogP contribution is -2.25. The quantitative estimate of drug-likeness (QED) is 0.923. The minimum Gasteiger partial charge on any atom is -0.392 e. The molecule has 1 N–H and O–H groups in total. The number of aliphatic hydroxyl groups excluding tert-OH is 1. The third-order valence-electron chi connectivity index (χ3n) is 3.88. The fraction of sp³-hybridized carbons (Fsp3) is 0.500. The number of hydrogen-bond donors (Lipinski definition) is 1. The Labute approximate surface area is 111 Å². The highest BCUT2D eigenvalue weighted by atomic mass is 32.1. The normalized spacial score (nSPS) is 20.7. The van der Waals surface area contributed by atoms with E-state index in [0.29, 0.717) is 6.42 Å². The monoisotopic (exact) mass is 262 g/mol. The smallest absolute Gasteiger partial charge is 0.110 e. The molecule has 0 saturated heterocycles. The molecule has 2 atom stereocenters. The zero-order valence-electron chi connectivity index (χ0n) is 10.5.